The number of aromatic amines is 1. The zero-order chi connectivity index (χ0) is 17.1. The quantitative estimate of drug-likeness (QED) is 0.672. The van der Waals surface area contributed by atoms with E-state index < -0.39 is 6.04 Å². The smallest absolute Gasteiger partial charge is 0.241 e. The third kappa shape index (κ3) is 3.46. The number of aromatic nitrogens is 2. The number of rotatable bonds is 5. The van der Waals surface area contributed by atoms with Gasteiger partial charge in [0.15, 0.2) is 0 Å². The molecule has 124 valence electrons. The second-order valence-electron chi connectivity index (χ2n) is 6.40. The van der Waals surface area contributed by atoms with E-state index in [2.05, 4.69) is 29.1 Å². The van der Waals surface area contributed by atoms with Crippen molar-refractivity contribution in [2.75, 3.05) is 5.32 Å². The lowest BCUT2D eigenvalue weighted by Crippen LogP contribution is -2.36. The van der Waals surface area contributed by atoms with E-state index in [0.29, 0.717) is 12.3 Å². The number of carbonyl (C=O) groups excluding carboxylic acids is 1. The topological polar surface area (TPSA) is 83.8 Å². The molecule has 5 heteroatoms. The zero-order valence-corrected chi connectivity index (χ0v) is 13.9. The highest BCUT2D eigenvalue weighted by atomic mass is 16.2. The molecular weight excluding hydrogens is 300 g/mol. The van der Waals surface area contributed by atoms with Crippen molar-refractivity contribution in [1.29, 1.82) is 0 Å². The summed E-state index contributed by atoms with van der Waals surface area (Å²) in [5, 5.41) is 3.95. The maximum atomic E-state index is 12.1. The second-order valence-corrected chi connectivity index (χ2v) is 6.40. The van der Waals surface area contributed by atoms with Crippen molar-refractivity contribution >= 4 is 22.6 Å². The Bertz CT molecular complexity index is 836. The van der Waals surface area contributed by atoms with Crippen LogP contribution in [0, 0.1) is 5.92 Å². The van der Waals surface area contributed by atoms with E-state index in [4.69, 9.17) is 5.73 Å². The van der Waals surface area contributed by atoms with Crippen molar-refractivity contribution in [3.63, 3.8) is 0 Å². The van der Waals surface area contributed by atoms with Crippen LogP contribution in [0.1, 0.15) is 20.3 Å². The average Bonchev–Trinajstić information content (AvgIpc) is 3.03. The van der Waals surface area contributed by atoms with Gasteiger partial charge >= 0.3 is 0 Å². The van der Waals surface area contributed by atoms with Crippen molar-refractivity contribution in [3.05, 3.63) is 48.8 Å². The van der Waals surface area contributed by atoms with Crippen LogP contribution in [0.25, 0.3) is 22.2 Å². The van der Waals surface area contributed by atoms with E-state index in [9.17, 15) is 4.79 Å². The molecule has 0 fully saturated rings. The minimum Gasteiger partial charge on any atom is -0.346 e. The van der Waals surface area contributed by atoms with Crippen molar-refractivity contribution in [1.82, 2.24) is 9.97 Å². The second kappa shape index (κ2) is 6.84. The number of anilines is 1. The first kappa shape index (κ1) is 16.2. The summed E-state index contributed by atoms with van der Waals surface area (Å²) in [6, 6.07) is 11.3. The van der Waals surface area contributed by atoms with E-state index >= 15 is 0 Å². The van der Waals surface area contributed by atoms with Gasteiger partial charge in [-0.3, -0.25) is 4.79 Å². The molecule has 2 heterocycles. The Morgan fingerprint density at radius 3 is 2.67 bits per heavy atom. The van der Waals surface area contributed by atoms with E-state index in [0.717, 1.165) is 27.8 Å². The molecule has 0 unspecified atom stereocenters. The van der Waals surface area contributed by atoms with Crippen LogP contribution in [0.2, 0.25) is 0 Å². The van der Waals surface area contributed by atoms with Gasteiger partial charge in [-0.15, -0.1) is 0 Å². The first-order chi connectivity index (χ1) is 11.5. The highest BCUT2D eigenvalue weighted by Crippen LogP contribution is 2.27. The Labute approximate surface area is 141 Å². The Hall–Kier alpha value is -2.66. The molecule has 3 aromatic rings. The Balaban J connectivity index is 1.76. The molecule has 4 N–H and O–H groups in total. The van der Waals surface area contributed by atoms with Gasteiger partial charge in [0.25, 0.3) is 0 Å². The minimum atomic E-state index is -0.482. The number of nitrogens with two attached hydrogens (primary N) is 1. The van der Waals surface area contributed by atoms with Gasteiger partial charge in [-0.2, -0.15) is 0 Å². The van der Waals surface area contributed by atoms with Crippen LogP contribution in [0.5, 0.6) is 0 Å². The molecule has 0 aliphatic heterocycles. The van der Waals surface area contributed by atoms with Gasteiger partial charge in [0, 0.05) is 23.5 Å². The van der Waals surface area contributed by atoms with E-state index in [1.165, 1.54) is 0 Å². The van der Waals surface area contributed by atoms with Gasteiger partial charge in [0.2, 0.25) is 5.91 Å². The summed E-state index contributed by atoms with van der Waals surface area (Å²) >= 11 is 0. The number of nitrogens with zero attached hydrogens (tertiary/aromatic N) is 1. The average molecular weight is 322 g/mol. The summed E-state index contributed by atoms with van der Waals surface area (Å²) in [4.78, 5) is 19.5. The third-order valence-corrected chi connectivity index (χ3v) is 3.99. The number of hydrogen-bond acceptors (Lipinski definition) is 3. The van der Waals surface area contributed by atoms with Crippen LogP contribution in [0.4, 0.5) is 5.69 Å². The molecule has 0 spiro atoms. The fourth-order valence-corrected chi connectivity index (χ4v) is 2.80. The summed E-state index contributed by atoms with van der Waals surface area (Å²) in [5.74, 6) is 0.247. The Kier molecular flexibility index (Phi) is 4.62. The molecule has 2 aromatic heterocycles. The zero-order valence-electron chi connectivity index (χ0n) is 13.9. The number of nitrogens with one attached hydrogen (secondary N) is 2. The normalized spacial score (nSPS) is 12.5. The molecule has 0 saturated carbocycles. The van der Waals surface area contributed by atoms with Gasteiger partial charge in [-0.1, -0.05) is 26.0 Å². The molecule has 0 saturated heterocycles. The molecule has 1 amide bonds. The molecule has 1 atom stereocenters. The van der Waals surface area contributed by atoms with Crippen LogP contribution in [0.15, 0.2) is 48.8 Å². The van der Waals surface area contributed by atoms with Gasteiger partial charge < -0.3 is 16.0 Å². The van der Waals surface area contributed by atoms with Gasteiger partial charge in [0.1, 0.15) is 5.65 Å². The minimum absolute atomic E-state index is 0.145. The monoisotopic (exact) mass is 322 g/mol. The number of carbonyl (C=O) groups is 1. The maximum absolute atomic E-state index is 12.1. The molecule has 0 bridgehead atoms. The first-order valence-electron chi connectivity index (χ1n) is 8.13. The SMILES string of the molecule is CC(C)C[C@@H](N)C(=O)Nc1ccc(-c2ccnc3[nH]ccc23)cc1. The third-order valence-electron chi connectivity index (χ3n) is 3.99. The number of amides is 1. The lowest BCUT2D eigenvalue weighted by atomic mass is 10.0. The van der Waals surface area contributed by atoms with E-state index in [1.807, 2.05) is 42.6 Å². The number of hydrogen-bond donors (Lipinski definition) is 3. The summed E-state index contributed by atoms with van der Waals surface area (Å²) in [6.45, 7) is 4.11. The highest BCUT2D eigenvalue weighted by molar-refractivity contribution is 5.96. The van der Waals surface area contributed by atoms with Gasteiger partial charge in [-0.05, 0) is 47.7 Å². The lowest BCUT2D eigenvalue weighted by Gasteiger charge is -2.14. The van der Waals surface area contributed by atoms with Crippen molar-refractivity contribution < 1.29 is 4.79 Å². The molecule has 0 aliphatic rings. The van der Waals surface area contributed by atoms with E-state index in [1.54, 1.807) is 6.20 Å². The number of benzene rings is 1. The fourth-order valence-electron chi connectivity index (χ4n) is 2.80. The van der Waals surface area contributed by atoms with Crippen LogP contribution in [0.3, 0.4) is 0 Å². The number of fused-ring (bicyclic) bond motifs is 1. The van der Waals surface area contributed by atoms with Crippen LogP contribution in [-0.4, -0.2) is 21.9 Å². The van der Waals surface area contributed by atoms with Crippen LogP contribution in [-0.2, 0) is 4.79 Å². The number of pyridine rings is 1. The van der Waals surface area contributed by atoms with Gasteiger partial charge in [0.05, 0.1) is 6.04 Å². The molecule has 0 aliphatic carbocycles. The maximum Gasteiger partial charge on any atom is 0.241 e. The molecule has 0 radical (unpaired) electrons. The van der Waals surface area contributed by atoms with Crippen molar-refractivity contribution in [3.8, 4) is 11.1 Å². The molecule has 24 heavy (non-hydrogen) atoms. The van der Waals surface area contributed by atoms with Crippen molar-refractivity contribution in [2.45, 2.75) is 26.3 Å². The molecule has 1 aromatic carbocycles. The predicted molar refractivity (Wildman–Crippen MR) is 97.6 cm³/mol. The summed E-state index contributed by atoms with van der Waals surface area (Å²) in [6.07, 6.45) is 4.34. The fraction of sp³-hybridized carbons (Fsp3) is 0.263. The summed E-state index contributed by atoms with van der Waals surface area (Å²) < 4.78 is 0. The highest BCUT2D eigenvalue weighted by Gasteiger charge is 2.15. The first-order valence-corrected chi connectivity index (χ1v) is 8.13. The Morgan fingerprint density at radius 2 is 1.96 bits per heavy atom. The molecule has 5 nitrogen and oxygen atoms in total. The van der Waals surface area contributed by atoms with Crippen LogP contribution < -0.4 is 11.1 Å². The summed E-state index contributed by atoms with van der Waals surface area (Å²) in [7, 11) is 0. The largest absolute Gasteiger partial charge is 0.346 e. The standard InChI is InChI=1S/C19H22N4O/c1-12(2)11-17(20)19(24)23-14-5-3-13(4-6-14)15-7-9-21-18-16(15)8-10-22-18/h3-10,12,17H,11,20H2,1-2H3,(H,21,22)(H,23,24)/t17-/m1/s1. The van der Waals surface area contributed by atoms with Crippen molar-refractivity contribution in [2.24, 2.45) is 11.7 Å². The lowest BCUT2D eigenvalue weighted by molar-refractivity contribution is -0.117. The van der Waals surface area contributed by atoms with E-state index in [-0.39, 0.29) is 5.91 Å². The summed E-state index contributed by atoms with van der Waals surface area (Å²) in [5.41, 5.74) is 9.71. The molecule has 3 rings (SSSR count). The number of H-pyrrole nitrogens is 1. The van der Waals surface area contributed by atoms with Crippen LogP contribution >= 0.6 is 0 Å². The Morgan fingerprint density at radius 1 is 1.21 bits per heavy atom. The van der Waals surface area contributed by atoms with Gasteiger partial charge in [-0.25, -0.2) is 4.98 Å². The predicted octanol–water partition coefficient (Wildman–Crippen LogP) is 3.54. The molecular formula is C19H22N4O.